The smallest absolute Gasteiger partial charge is 0.340 e. The number of esters is 1. The van der Waals surface area contributed by atoms with E-state index in [4.69, 9.17) is 14.2 Å². The maximum Gasteiger partial charge on any atom is 0.340 e. The first-order valence-corrected chi connectivity index (χ1v) is 8.63. The lowest BCUT2D eigenvalue weighted by atomic mass is 10.1. The molecular weight excluding hydrogens is 348 g/mol. The highest BCUT2D eigenvalue weighted by atomic mass is 16.5. The fraction of sp³-hybridized carbons (Fsp3) is 0.300. The number of nitrogens with one attached hydrogen (secondary N) is 1. The molecule has 142 valence electrons. The minimum Gasteiger partial charge on any atom is -0.497 e. The number of carbonyl (C=O) groups is 2. The second-order valence-electron chi connectivity index (χ2n) is 6.00. The Balaban J connectivity index is 1.84. The van der Waals surface area contributed by atoms with Gasteiger partial charge in [0.15, 0.2) is 0 Å². The van der Waals surface area contributed by atoms with Gasteiger partial charge in [-0.05, 0) is 42.5 Å². The van der Waals surface area contributed by atoms with Gasteiger partial charge < -0.3 is 24.4 Å². The normalized spacial score (nSPS) is 13.8. The molecule has 0 spiro atoms. The van der Waals surface area contributed by atoms with E-state index in [9.17, 15) is 9.59 Å². The summed E-state index contributed by atoms with van der Waals surface area (Å²) in [6, 6.07) is 12.1. The number of rotatable bonds is 5. The zero-order chi connectivity index (χ0) is 19.2. The van der Waals surface area contributed by atoms with E-state index in [0.29, 0.717) is 35.8 Å². The highest BCUT2D eigenvalue weighted by molar-refractivity contribution is 6.08. The molecule has 0 aromatic heterocycles. The summed E-state index contributed by atoms with van der Waals surface area (Å²) >= 11 is 0. The topological polar surface area (TPSA) is 77.1 Å². The number of nitrogens with zero attached hydrogens (tertiary/aromatic N) is 1. The molecule has 1 aliphatic rings. The molecule has 0 aliphatic carbocycles. The molecule has 0 radical (unpaired) electrons. The summed E-state index contributed by atoms with van der Waals surface area (Å²) in [7, 11) is 2.88. The minimum atomic E-state index is -0.504. The molecule has 0 saturated carbocycles. The Hall–Kier alpha value is -3.06. The highest BCUT2D eigenvalue weighted by Crippen LogP contribution is 2.25. The number of hydrogen-bond acceptors (Lipinski definition) is 6. The van der Waals surface area contributed by atoms with Crippen molar-refractivity contribution in [2.75, 3.05) is 50.7 Å². The first-order chi connectivity index (χ1) is 13.1. The van der Waals surface area contributed by atoms with E-state index in [1.807, 2.05) is 6.07 Å². The van der Waals surface area contributed by atoms with E-state index < -0.39 is 5.97 Å². The van der Waals surface area contributed by atoms with E-state index >= 15 is 0 Å². The Morgan fingerprint density at radius 3 is 2.37 bits per heavy atom. The lowest BCUT2D eigenvalue weighted by molar-refractivity contribution is 0.0602. The second-order valence-corrected chi connectivity index (χ2v) is 6.00. The number of benzene rings is 2. The Morgan fingerprint density at radius 1 is 1.04 bits per heavy atom. The number of amides is 1. The average Bonchev–Trinajstić information content (AvgIpc) is 2.74. The standard InChI is InChI=1S/C20H22N2O5/c1-25-16-6-3-14(4-7-16)19(23)21-18-8-5-15(13-17(18)20(24)26-2)22-9-11-27-12-10-22/h3-8,13H,9-12H2,1-2H3,(H,21,23). The Morgan fingerprint density at radius 2 is 1.74 bits per heavy atom. The number of morpholine rings is 1. The van der Waals surface area contributed by atoms with Crippen molar-refractivity contribution in [3.8, 4) is 5.75 Å². The first-order valence-electron chi connectivity index (χ1n) is 8.63. The van der Waals surface area contributed by atoms with Crippen molar-refractivity contribution < 1.29 is 23.8 Å². The summed E-state index contributed by atoms with van der Waals surface area (Å²) in [5.74, 6) is -0.159. The van der Waals surface area contributed by atoms with Gasteiger partial charge in [-0.2, -0.15) is 0 Å². The molecule has 0 atom stereocenters. The Kier molecular flexibility index (Phi) is 5.93. The third-order valence-electron chi connectivity index (χ3n) is 4.39. The van der Waals surface area contributed by atoms with E-state index in [1.54, 1.807) is 43.5 Å². The van der Waals surface area contributed by atoms with Gasteiger partial charge in [-0.25, -0.2) is 4.79 Å². The summed E-state index contributed by atoms with van der Waals surface area (Å²) in [5.41, 5.74) is 2.06. The van der Waals surface area contributed by atoms with Crippen molar-refractivity contribution >= 4 is 23.3 Å². The summed E-state index contributed by atoms with van der Waals surface area (Å²) < 4.78 is 15.3. The minimum absolute atomic E-state index is 0.309. The van der Waals surface area contributed by atoms with Crippen molar-refractivity contribution in [2.45, 2.75) is 0 Å². The fourth-order valence-corrected chi connectivity index (χ4v) is 2.88. The maximum atomic E-state index is 12.5. The monoisotopic (exact) mass is 370 g/mol. The van der Waals surface area contributed by atoms with Crippen LogP contribution in [0.2, 0.25) is 0 Å². The van der Waals surface area contributed by atoms with Gasteiger partial charge in [0.1, 0.15) is 5.75 Å². The summed E-state index contributed by atoms with van der Waals surface area (Å²) in [5, 5.41) is 2.79. The molecule has 1 saturated heterocycles. The van der Waals surface area contributed by atoms with Gasteiger partial charge in [-0.15, -0.1) is 0 Å². The van der Waals surface area contributed by atoms with Crippen molar-refractivity contribution in [3.05, 3.63) is 53.6 Å². The lowest BCUT2D eigenvalue weighted by Crippen LogP contribution is -2.36. The van der Waals surface area contributed by atoms with Gasteiger partial charge in [-0.1, -0.05) is 0 Å². The third-order valence-corrected chi connectivity index (χ3v) is 4.39. The highest BCUT2D eigenvalue weighted by Gasteiger charge is 2.19. The van der Waals surface area contributed by atoms with Crippen LogP contribution < -0.4 is 15.0 Å². The SMILES string of the molecule is COC(=O)c1cc(N2CCOCC2)ccc1NC(=O)c1ccc(OC)cc1. The molecule has 2 aromatic carbocycles. The fourth-order valence-electron chi connectivity index (χ4n) is 2.88. The Bertz CT molecular complexity index is 814. The van der Waals surface area contributed by atoms with Crippen LogP contribution in [0.15, 0.2) is 42.5 Å². The number of methoxy groups -OCH3 is 2. The van der Waals surface area contributed by atoms with Crippen LogP contribution in [0.4, 0.5) is 11.4 Å². The average molecular weight is 370 g/mol. The van der Waals surface area contributed by atoms with Crippen molar-refractivity contribution in [2.24, 2.45) is 0 Å². The summed E-state index contributed by atoms with van der Waals surface area (Å²) in [6.07, 6.45) is 0. The zero-order valence-electron chi connectivity index (χ0n) is 15.4. The molecular formula is C20H22N2O5. The molecule has 1 amide bonds. The molecule has 7 heteroatoms. The van der Waals surface area contributed by atoms with Crippen LogP contribution in [-0.2, 0) is 9.47 Å². The summed E-state index contributed by atoms with van der Waals surface area (Å²) in [4.78, 5) is 26.9. The first kappa shape index (κ1) is 18.7. The largest absolute Gasteiger partial charge is 0.497 e. The Labute approximate surface area is 157 Å². The van der Waals surface area contributed by atoms with Crippen LogP contribution in [0.25, 0.3) is 0 Å². The van der Waals surface area contributed by atoms with Crippen LogP contribution >= 0.6 is 0 Å². The molecule has 3 rings (SSSR count). The molecule has 7 nitrogen and oxygen atoms in total. The molecule has 1 fully saturated rings. The molecule has 0 bridgehead atoms. The molecule has 1 heterocycles. The van der Waals surface area contributed by atoms with Gasteiger partial charge in [-0.3, -0.25) is 4.79 Å². The summed E-state index contributed by atoms with van der Waals surface area (Å²) in [6.45, 7) is 2.78. The third kappa shape index (κ3) is 4.38. The second kappa shape index (κ2) is 8.55. The molecule has 1 N–H and O–H groups in total. The van der Waals surface area contributed by atoms with Crippen LogP contribution in [0.3, 0.4) is 0 Å². The van der Waals surface area contributed by atoms with Gasteiger partial charge in [0.05, 0.1) is 38.7 Å². The van der Waals surface area contributed by atoms with Crippen LogP contribution in [-0.4, -0.2) is 52.4 Å². The molecule has 0 unspecified atom stereocenters. The maximum absolute atomic E-state index is 12.5. The zero-order valence-corrected chi connectivity index (χ0v) is 15.4. The van der Waals surface area contributed by atoms with Crippen molar-refractivity contribution in [1.82, 2.24) is 0 Å². The van der Waals surface area contributed by atoms with Gasteiger partial charge >= 0.3 is 5.97 Å². The van der Waals surface area contributed by atoms with Crippen LogP contribution in [0.5, 0.6) is 5.75 Å². The number of hydrogen-bond donors (Lipinski definition) is 1. The predicted octanol–water partition coefficient (Wildman–Crippen LogP) is 2.57. The van der Waals surface area contributed by atoms with Gasteiger partial charge in [0, 0.05) is 24.3 Å². The number of ether oxygens (including phenoxy) is 3. The predicted molar refractivity (Wildman–Crippen MR) is 102 cm³/mol. The van der Waals surface area contributed by atoms with Crippen molar-refractivity contribution in [1.29, 1.82) is 0 Å². The van der Waals surface area contributed by atoms with Crippen molar-refractivity contribution in [3.63, 3.8) is 0 Å². The van der Waals surface area contributed by atoms with E-state index in [0.717, 1.165) is 18.8 Å². The molecule has 2 aromatic rings. The number of carbonyl (C=O) groups excluding carboxylic acids is 2. The van der Waals surface area contributed by atoms with Gasteiger partial charge in [0.2, 0.25) is 0 Å². The van der Waals surface area contributed by atoms with Crippen LogP contribution in [0.1, 0.15) is 20.7 Å². The van der Waals surface area contributed by atoms with Gasteiger partial charge in [0.25, 0.3) is 5.91 Å². The van der Waals surface area contributed by atoms with Crippen LogP contribution in [0, 0.1) is 0 Å². The lowest BCUT2D eigenvalue weighted by Gasteiger charge is -2.29. The molecule has 27 heavy (non-hydrogen) atoms. The van der Waals surface area contributed by atoms with E-state index in [2.05, 4.69) is 10.2 Å². The number of anilines is 2. The van der Waals surface area contributed by atoms with E-state index in [1.165, 1.54) is 7.11 Å². The quantitative estimate of drug-likeness (QED) is 0.815. The van der Waals surface area contributed by atoms with E-state index in [-0.39, 0.29) is 5.91 Å². The molecule has 1 aliphatic heterocycles.